The summed E-state index contributed by atoms with van der Waals surface area (Å²) < 4.78 is 24.8. The van der Waals surface area contributed by atoms with E-state index in [1.165, 1.54) is 0 Å². The zero-order valence-corrected chi connectivity index (χ0v) is 16.0. The molecule has 4 aliphatic rings. The zero-order valence-electron chi connectivity index (χ0n) is 16.0. The third-order valence-corrected chi connectivity index (χ3v) is 6.50. The van der Waals surface area contributed by atoms with Crippen LogP contribution in [-0.4, -0.2) is 71.7 Å². The van der Waals surface area contributed by atoms with E-state index in [9.17, 15) is 9.18 Å². The smallest absolute Gasteiger partial charge is 0.260 e. The van der Waals surface area contributed by atoms with Crippen molar-refractivity contribution in [2.45, 2.75) is 68.2 Å². The molecule has 1 aromatic heterocycles. The molecule has 5 rings (SSSR count). The Balaban J connectivity index is 1.15. The molecule has 4 fully saturated rings. The molecule has 9 heteroatoms. The summed E-state index contributed by atoms with van der Waals surface area (Å²) in [5, 5.41) is 11.3. The standard InChI is InChI=1S/C19H28FN5O3/c20-19(4-5-19)18(26)25-7-2-12(3-8-25)16-23-17(28-24-16)13-1-6-21-15(9-13)22-14-10-27-11-14/h12-15,21-22H,1-11H2. The van der Waals surface area contributed by atoms with E-state index < -0.39 is 5.67 Å². The second kappa shape index (κ2) is 7.35. The molecule has 0 bridgehead atoms. The van der Waals surface area contributed by atoms with Gasteiger partial charge < -0.3 is 19.5 Å². The number of piperidine rings is 2. The lowest BCUT2D eigenvalue weighted by molar-refractivity contribution is -0.139. The third-order valence-electron chi connectivity index (χ3n) is 6.50. The molecule has 3 aliphatic heterocycles. The number of carbonyl (C=O) groups excluding carboxylic acids is 1. The van der Waals surface area contributed by atoms with Crippen molar-refractivity contribution in [3.8, 4) is 0 Å². The van der Waals surface area contributed by atoms with Crippen molar-refractivity contribution < 1.29 is 18.4 Å². The predicted molar refractivity (Wildman–Crippen MR) is 97.4 cm³/mol. The first-order chi connectivity index (χ1) is 13.6. The van der Waals surface area contributed by atoms with Crippen LogP contribution < -0.4 is 10.6 Å². The Hall–Kier alpha value is -1.58. The Morgan fingerprint density at radius 3 is 2.68 bits per heavy atom. The number of hydrogen-bond acceptors (Lipinski definition) is 7. The minimum atomic E-state index is -1.57. The Kier molecular flexibility index (Phi) is 4.84. The van der Waals surface area contributed by atoms with Crippen LogP contribution in [0.4, 0.5) is 4.39 Å². The van der Waals surface area contributed by atoms with Gasteiger partial charge in [0.1, 0.15) is 0 Å². The molecule has 2 atom stereocenters. The van der Waals surface area contributed by atoms with Crippen LogP contribution in [0.2, 0.25) is 0 Å². The maximum atomic E-state index is 14.0. The number of amides is 1. The van der Waals surface area contributed by atoms with Crippen molar-refractivity contribution in [3.05, 3.63) is 11.7 Å². The van der Waals surface area contributed by atoms with Crippen LogP contribution >= 0.6 is 0 Å². The molecule has 1 aliphatic carbocycles. The van der Waals surface area contributed by atoms with E-state index in [1.807, 2.05) is 0 Å². The van der Waals surface area contributed by atoms with Crippen molar-refractivity contribution in [2.24, 2.45) is 0 Å². The minimum absolute atomic E-state index is 0.180. The van der Waals surface area contributed by atoms with Crippen LogP contribution in [0.25, 0.3) is 0 Å². The van der Waals surface area contributed by atoms with Crippen molar-refractivity contribution in [3.63, 3.8) is 0 Å². The fraction of sp³-hybridized carbons (Fsp3) is 0.842. The highest BCUT2D eigenvalue weighted by Gasteiger charge is 2.53. The SMILES string of the molecule is O=C(N1CCC(c2noc(C3CCNC(NC4COC4)C3)n2)CC1)C1(F)CC1. The third kappa shape index (κ3) is 3.67. The van der Waals surface area contributed by atoms with Crippen molar-refractivity contribution in [1.82, 2.24) is 25.7 Å². The van der Waals surface area contributed by atoms with Crippen LogP contribution in [0.15, 0.2) is 4.52 Å². The van der Waals surface area contributed by atoms with Crippen molar-refractivity contribution in [1.29, 1.82) is 0 Å². The number of halogens is 1. The molecular formula is C19H28FN5O3. The van der Waals surface area contributed by atoms with Crippen LogP contribution in [-0.2, 0) is 9.53 Å². The van der Waals surface area contributed by atoms with E-state index >= 15 is 0 Å². The summed E-state index contributed by atoms with van der Waals surface area (Å²) in [5.74, 6) is 1.55. The zero-order chi connectivity index (χ0) is 19.1. The number of hydrogen-bond donors (Lipinski definition) is 2. The highest BCUT2D eigenvalue weighted by molar-refractivity contribution is 5.88. The second-order valence-corrected chi connectivity index (χ2v) is 8.65. The number of nitrogens with one attached hydrogen (secondary N) is 2. The van der Waals surface area contributed by atoms with Crippen LogP contribution in [0, 0.1) is 0 Å². The Morgan fingerprint density at radius 1 is 1.21 bits per heavy atom. The average Bonchev–Trinajstić information content (AvgIpc) is 3.26. The van der Waals surface area contributed by atoms with E-state index in [0.717, 1.165) is 51.3 Å². The van der Waals surface area contributed by atoms with Gasteiger partial charge in [-0.3, -0.25) is 10.1 Å². The maximum absolute atomic E-state index is 14.0. The minimum Gasteiger partial charge on any atom is -0.378 e. The van der Waals surface area contributed by atoms with Crippen LogP contribution in [0.5, 0.6) is 0 Å². The molecule has 3 saturated heterocycles. The molecule has 2 unspecified atom stereocenters. The highest BCUT2D eigenvalue weighted by Crippen LogP contribution is 2.42. The summed E-state index contributed by atoms with van der Waals surface area (Å²) in [6.45, 7) is 3.61. The number of carbonyl (C=O) groups is 1. The van der Waals surface area contributed by atoms with Crippen LogP contribution in [0.3, 0.4) is 0 Å². The number of nitrogens with zero attached hydrogens (tertiary/aromatic N) is 3. The Labute approximate surface area is 163 Å². The van der Waals surface area contributed by atoms with Gasteiger partial charge in [0, 0.05) is 24.9 Å². The fourth-order valence-corrected chi connectivity index (χ4v) is 4.41. The molecule has 0 spiro atoms. The molecule has 4 heterocycles. The highest BCUT2D eigenvalue weighted by atomic mass is 19.1. The van der Waals surface area contributed by atoms with E-state index in [-0.39, 0.29) is 23.9 Å². The number of rotatable bonds is 5. The van der Waals surface area contributed by atoms with Gasteiger partial charge in [-0.1, -0.05) is 5.16 Å². The number of likely N-dealkylation sites (tertiary alicyclic amines) is 1. The monoisotopic (exact) mass is 393 g/mol. The van der Waals surface area contributed by atoms with Gasteiger partial charge in [-0.05, 0) is 45.1 Å². The van der Waals surface area contributed by atoms with Gasteiger partial charge in [-0.15, -0.1) is 0 Å². The molecule has 1 saturated carbocycles. The lowest BCUT2D eigenvalue weighted by Crippen LogP contribution is -2.57. The van der Waals surface area contributed by atoms with E-state index in [1.54, 1.807) is 4.90 Å². The van der Waals surface area contributed by atoms with Gasteiger partial charge in [-0.2, -0.15) is 4.98 Å². The first-order valence-electron chi connectivity index (χ1n) is 10.5. The molecule has 0 aromatic carbocycles. The first-order valence-corrected chi connectivity index (χ1v) is 10.5. The van der Waals surface area contributed by atoms with E-state index in [0.29, 0.717) is 37.9 Å². The molecule has 2 N–H and O–H groups in total. The summed E-state index contributed by atoms with van der Waals surface area (Å²) in [4.78, 5) is 18.5. The molecule has 0 radical (unpaired) electrons. The van der Waals surface area contributed by atoms with Gasteiger partial charge in [0.25, 0.3) is 5.91 Å². The Morgan fingerprint density at radius 2 is 2.00 bits per heavy atom. The van der Waals surface area contributed by atoms with Gasteiger partial charge in [0.2, 0.25) is 5.89 Å². The summed E-state index contributed by atoms with van der Waals surface area (Å²) in [6, 6.07) is 0.432. The normalized spacial score (nSPS) is 30.8. The molecule has 154 valence electrons. The van der Waals surface area contributed by atoms with Crippen LogP contribution in [0.1, 0.15) is 62.1 Å². The van der Waals surface area contributed by atoms with Gasteiger partial charge >= 0.3 is 0 Å². The van der Waals surface area contributed by atoms with E-state index in [2.05, 4.69) is 15.8 Å². The molecule has 1 aromatic rings. The fourth-order valence-electron chi connectivity index (χ4n) is 4.41. The Bertz CT molecular complexity index is 712. The quantitative estimate of drug-likeness (QED) is 0.773. The topological polar surface area (TPSA) is 92.5 Å². The first kappa shape index (κ1) is 18.4. The molecular weight excluding hydrogens is 365 g/mol. The molecule has 8 nitrogen and oxygen atoms in total. The van der Waals surface area contributed by atoms with E-state index in [4.69, 9.17) is 14.2 Å². The summed E-state index contributed by atoms with van der Waals surface area (Å²) >= 11 is 0. The van der Waals surface area contributed by atoms with Gasteiger partial charge in [-0.25, -0.2) is 4.39 Å². The maximum Gasteiger partial charge on any atom is 0.260 e. The summed E-state index contributed by atoms with van der Waals surface area (Å²) in [5.41, 5.74) is -1.57. The average molecular weight is 393 g/mol. The second-order valence-electron chi connectivity index (χ2n) is 8.65. The molecule has 28 heavy (non-hydrogen) atoms. The summed E-state index contributed by atoms with van der Waals surface area (Å²) in [7, 11) is 0. The largest absolute Gasteiger partial charge is 0.378 e. The van der Waals surface area contributed by atoms with Gasteiger partial charge in [0.05, 0.1) is 25.4 Å². The van der Waals surface area contributed by atoms with Crippen molar-refractivity contribution in [2.75, 3.05) is 32.8 Å². The number of aromatic nitrogens is 2. The van der Waals surface area contributed by atoms with Gasteiger partial charge in [0.15, 0.2) is 11.5 Å². The molecule has 1 amide bonds. The predicted octanol–water partition coefficient (Wildman–Crippen LogP) is 1.06. The summed E-state index contributed by atoms with van der Waals surface area (Å²) in [6.07, 6.45) is 4.42. The van der Waals surface area contributed by atoms with Crippen molar-refractivity contribution >= 4 is 5.91 Å². The lowest BCUT2D eigenvalue weighted by Gasteiger charge is -2.35. The number of alkyl halides is 1. The lowest BCUT2D eigenvalue weighted by atomic mass is 9.94. The number of ether oxygens (including phenoxy) is 1.